The highest BCUT2D eigenvalue weighted by atomic mass is 32.1. The predicted molar refractivity (Wildman–Crippen MR) is 92.1 cm³/mol. The molecule has 0 saturated carbocycles. The smallest absolute Gasteiger partial charge is 0.261 e. The van der Waals surface area contributed by atoms with Gasteiger partial charge in [0.25, 0.3) is 5.91 Å². The van der Waals surface area contributed by atoms with E-state index in [1.165, 1.54) is 22.5 Å². The van der Waals surface area contributed by atoms with Crippen molar-refractivity contribution in [3.63, 3.8) is 0 Å². The summed E-state index contributed by atoms with van der Waals surface area (Å²) in [6, 6.07) is 22.3. The van der Waals surface area contributed by atoms with E-state index in [1.807, 2.05) is 42.6 Å². The van der Waals surface area contributed by atoms with E-state index in [0.717, 1.165) is 10.4 Å². The number of rotatable bonds is 4. The van der Waals surface area contributed by atoms with E-state index in [4.69, 9.17) is 0 Å². The van der Waals surface area contributed by atoms with Gasteiger partial charge in [0, 0.05) is 0 Å². The number of hydrogen-bond acceptors (Lipinski definition) is 2. The number of carbonyl (C=O) groups is 1. The van der Waals surface area contributed by atoms with Crippen molar-refractivity contribution in [3.8, 4) is 11.1 Å². The second-order valence-electron chi connectivity index (χ2n) is 5.16. The molecule has 1 N–H and O–H groups in total. The Hall–Kier alpha value is -2.39. The van der Waals surface area contributed by atoms with Crippen LogP contribution in [0.4, 0.5) is 0 Å². The largest absolute Gasteiger partial charge is 0.345 e. The summed E-state index contributed by atoms with van der Waals surface area (Å²) in [5.41, 5.74) is 3.48. The van der Waals surface area contributed by atoms with E-state index >= 15 is 0 Å². The number of nitrogens with one attached hydrogen (secondary N) is 1. The van der Waals surface area contributed by atoms with Gasteiger partial charge in [-0.3, -0.25) is 4.79 Å². The molecule has 2 aromatic carbocycles. The van der Waals surface area contributed by atoms with Crippen LogP contribution in [0.1, 0.15) is 28.2 Å². The number of benzene rings is 2. The van der Waals surface area contributed by atoms with Crippen LogP contribution >= 0.6 is 11.3 Å². The molecule has 3 aromatic rings. The highest BCUT2D eigenvalue weighted by molar-refractivity contribution is 7.12. The molecule has 0 radical (unpaired) electrons. The van der Waals surface area contributed by atoms with Crippen molar-refractivity contribution in [3.05, 3.63) is 82.6 Å². The summed E-state index contributed by atoms with van der Waals surface area (Å²) in [5.74, 6) is -0.0189. The van der Waals surface area contributed by atoms with E-state index < -0.39 is 0 Å². The third-order valence-corrected chi connectivity index (χ3v) is 4.48. The van der Waals surface area contributed by atoms with E-state index in [1.54, 1.807) is 0 Å². The molecule has 1 amide bonds. The molecule has 0 spiro atoms. The van der Waals surface area contributed by atoms with E-state index in [-0.39, 0.29) is 11.9 Å². The van der Waals surface area contributed by atoms with Crippen LogP contribution in [0.5, 0.6) is 0 Å². The number of thiophene rings is 1. The topological polar surface area (TPSA) is 29.1 Å². The van der Waals surface area contributed by atoms with Crippen LogP contribution in [0.2, 0.25) is 0 Å². The zero-order chi connectivity index (χ0) is 15.4. The Kier molecular flexibility index (Phi) is 4.35. The molecule has 3 heteroatoms. The van der Waals surface area contributed by atoms with Gasteiger partial charge in [-0.05, 0) is 35.1 Å². The quantitative estimate of drug-likeness (QED) is 0.729. The predicted octanol–water partition coefficient (Wildman–Crippen LogP) is 4.91. The zero-order valence-corrected chi connectivity index (χ0v) is 13.1. The van der Waals surface area contributed by atoms with Crippen molar-refractivity contribution >= 4 is 17.2 Å². The summed E-state index contributed by atoms with van der Waals surface area (Å²) in [6.45, 7) is 2.00. The molecule has 1 atom stereocenters. The summed E-state index contributed by atoms with van der Waals surface area (Å²) in [6.07, 6.45) is 0. The fourth-order valence-corrected chi connectivity index (χ4v) is 2.98. The Morgan fingerprint density at radius 2 is 1.59 bits per heavy atom. The van der Waals surface area contributed by atoms with Crippen molar-refractivity contribution in [2.24, 2.45) is 0 Å². The average molecular weight is 307 g/mol. The van der Waals surface area contributed by atoms with Crippen LogP contribution in [0.15, 0.2) is 72.1 Å². The summed E-state index contributed by atoms with van der Waals surface area (Å²) in [5, 5.41) is 4.94. The van der Waals surface area contributed by atoms with Crippen molar-refractivity contribution in [2.45, 2.75) is 13.0 Å². The highest BCUT2D eigenvalue weighted by Gasteiger charge is 2.12. The standard InChI is InChI=1S/C19H17NOS/c1-14(20-19(21)18-8-5-13-22-18)15-9-11-17(12-10-15)16-6-3-2-4-7-16/h2-14H,1H3,(H,20,21). The molecule has 1 aromatic heterocycles. The van der Waals surface area contributed by atoms with E-state index in [2.05, 4.69) is 41.7 Å². The van der Waals surface area contributed by atoms with E-state index in [9.17, 15) is 4.79 Å². The summed E-state index contributed by atoms with van der Waals surface area (Å²) < 4.78 is 0. The summed E-state index contributed by atoms with van der Waals surface area (Å²) in [4.78, 5) is 12.8. The molecule has 0 aliphatic carbocycles. The van der Waals surface area contributed by atoms with Crippen molar-refractivity contribution in [2.75, 3.05) is 0 Å². The monoisotopic (exact) mass is 307 g/mol. The summed E-state index contributed by atoms with van der Waals surface area (Å²) >= 11 is 1.46. The molecule has 2 nitrogen and oxygen atoms in total. The minimum atomic E-state index is -0.0189. The lowest BCUT2D eigenvalue weighted by molar-refractivity contribution is 0.0944. The van der Waals surface area contributed by atoms with Gasteiger partial charge in [-0.2, -0.15) is 0 Å². The van der Waals surface area contributed by atoms with Gasteiger partial charge in [-0.25, -0.2) is 0 Å². The second kappa shape index (κ2) is 6.58. The first-order valence-corrected chi connectivity index (χ1v) is 8.12. The molecule has 0 aliphatic rings. The molecule has 1 unspecified atom stereocenters. The molecule has 22 heavy (non-hydrogen) atoms. The molecule has 0 saturated heterocycles. The third-order valence-electron chi connectivity index (χ3n) is 3.61. The maximum atomic E-state index is 12.1. The molecular formula is C19H17NOS. The highest BCUT2D eigenvalue weighted by Crippen LogP contribution is 2.22. The minimum Gasteiger partial charge on any atom is -0.345 e. The van der Waals surface area contributed by atoms with Crippen LogP contribution in [0, 0.1) is 0 Å². The van der Waals surface area contributed by atoms with Gasteiger partial charge in [-0.1, -0.05) is 60.7 Å². The Morgan fingerprint density at radius 1 is 0.909 bits per heavy atom. The molecular weight excluding hydrogens is 290 g/mol. The van der Waals surface area contributed by atoms with Crippen LogP contribution in [-0.2, 0) is 0 Å². The van der Waals surface area contributed by atoms with Crippen molar-refractivity contribution in [1.82, 2.24) is 5.32 Å². The van der Waals surface area contributed by atoms with Gasteiger partial charge < -0.3 is 5.32 Å². The van der Waals surface area contributed by atoms with Crippen LogP contribution in [0.25, 0.3) is 11.1 Å². The molecule has 0 fully saturated rings. The second-order valence-corrected chi connectivity index (χ2v) is 6.11. The molecule has 3 rings (SSSR count). The number of carbonyl (C=O) groups excluding carboxylic acids is 1. The fourth-order valence-electron chi connectivity index (χ4n) is 2.35. The van der Waals surface area contributed by atoms with Gasteiger partial charge in [0.1, 0.15) is 0 Å². The first-order chi connectivity index (χ1) is 10.7. The van der Waals surface area contributed by atoms with Gasteiger partial charge in [-0.15, -0.1) is 11.3 Å². The lowest BCUT2D eigenvalue weighted by Crippen LogP contribution is -2.25. The SMILES string of the molecule is CC(NC(=O)c1cccs1)c1ccc(-c2ccccc2)cc1. The molecule has 110 valence electrons. The van der Waals surface area contributed by atoms with Gasteiger partial charge >= 0.3 is 0 Å². The maximum Gasteiger partial charge on any atom is 0.261 e. The van der Waals surface area contributed by atoms with Gasteiger partial charge in [0.2, 0.25) is 0 Å². The first-order valence-electron chi connectivity index (χ1n) is 7.24. The Morgan fingerprint density at radius 3 is 2.23 bits per heavy atom. The maximum absolute atomic E-state index is 12.1. The molecule has 0 bridgehead atoms. The van der Waals surface area contributed by atoms with Gasteiger partial charge in [0.05, 0.1) is 10.9 Å². The van der Waals surface area contributed by atoms with E-state index in [0.29, 0.717) is 0 Å². The minimum absolute atomic E-state index is 0.0144. The molecule has 1 heterocycles. The van der Waals surface area contributed by atoms with Crippen LogP contribution in [0.3, 0.4) is 0 Å². The lowest BCUT2D eigenvalue weighted by atomic mass is 10.0. The van der Waals surface area contributed by atoms with Crippen LogP contribution < -0.4 is 5.32 Å². The normalized spacial score (nSPS) is 11.9. The Balaban J connectivity index is 1.71. The Labute approximate surface area is 134 Å². The number of amides is 1. The fraction of sp³-hybridized carbons (Fsp3) is 0.105. The third kappa shape index (κ3) is 3.26. The Bertz CT molecular complexity index is 733. The van der Waals surface area contributed by atoms with Crippen LogP contribution in [-0.4, -0.2) is 5.91 Å². The molecule has 0 aliphatic heterocycles. The number of hydrogen-bond donors (Lipinski definition) is 1. The van der Waals surface area contributed by atoms with Crippen molar-refractivity contribution in [1.29, 1.82) is 0 Å². The zero-order valence-electron chi connectivity index (χ0n) is 12.3. The first kappa shape index (κ1) is 14.5. The van der Waals surface area contributed by atoms with Gasteiger partial charge in [0.15, 0.2) is 0 Å². The van der Waals surface area contributed by atoms with Crippen molar-refractivity contribution < 1.29 is 4.79 Å². The summed E-state index contributed by atoms with van der Waals surface area (Å²) in [7, 11) is 0. The average Bonchev–Trinajstić information content (AvgIpc) is 3.10. The lowest BCUT2D eigenvalue weighted by Gasteiger charge is -2.14.